The number of carbonyl (C=O) groups excluding carboxylic acids is 3. The molecule has 21 aromatic rings. The van der Waals surface area contributed by atoms with E-state index in [1.807, 2.05) is 261 Å². The van der Waals surface area contributed by atoms with E-state index in [4.69, 9.17) is 44.9 Å². The van der Waals surface area contributed by atoms with Gasteiger partial charge in [0.2, 0.25) is 0 Å². The molecule has 18 aromatic carbocycles. The highest BCUT2D eigenvalue weighted by Crippen LogP contribution is 2.48. The van der Waals surface area contributed by atoms with Crippen molar-refractivity contribution in [3.63, 3.8) is 0 Å². The molecule has 0 atom stereocenters. The number of fused-ring (bicyclic) bond motifs is 6. The zero-order valence-corrected chi connectivity index (χ0v) is 78.6. The molecule has 0 N–H and O–H groups in total. The van der Waals surface area contributed by atoms with Gasteiger partial charge < -0.3 is 0 Å². The summed E-state index contributed by atoms with van der Waals surface area (Å²) in [5, 5.41) is 0. The summed E-state index contributed by atoms with van der Waals surface area (Å²) in [6.07, 6.45) is 0. The predicted molar refractivity (Wildman–Crippen MR) is 567 cm³/mol. The minimum atomic E-state index is -0.263. The van der Waals surface area contributed by atoms with Crippen LogP contribution in [0.5, 0.6) is 0 Å². The first-order chi connectivity index (χ1) is 68.9. The lowest BCUT2D eigenvalue weighted by Crippen LogP contribution is -2.30. The van der Waals surface area contributed by atoms with E-state index in [1.54, 1.807) is 0 Å². The Morgan fingerprint density at radius 3 is 0.631 bits per heavy atom. The van der Waals surface area contributed by atoms with Crippen LogP contribution in [-0.2, 0) is 16.2 Å². The van der Waals surface area contributed by atoms with Crippen molar-refractivity contribution in [1.29, 1.82) is 0 Å². The highest BCUT2D eigenvalue weighted by atomic mass is 16.1. The van der Waals surface area contributed by atoms with E-state index < -0.39 is 0 Å². The van der Waals surface area contributed by atoms with Gasteiger partial charge in [0.05, 0.1) is 0 Å². The second-order valence-corrected chi connectivity index (χ2v) is 37.3. The average Bonchev–Trinajstić information content (AvgIpc) is 0.737. The molecule has 3 aliphatic rings. The quantitative estimate of drug-likeness (QED) is 0.0954. The summed E-state index contributed by atoms with van der Waals surface area (Å²) >= 11 is 0. The lowest BCUT2D eigenvalue weighted by atomic mass is 9.68. The molecule has 12 heteroatoms. The Balaban J connectivity index is 0.000000121. The van der Waals surface area contributed by atoms with Crippen molar-refractivity contribution in [2.24, 2.45) is 0 Å². The van der Waals surface area contributed by atoms with Crippen LogP contribution in [0.15, 0.2) is 455 Å². The maximum absolute atomic E-state index is 13.7. The minimum absolute atomic E-state index is 0.0801. The van der Waals surface area contributed by atoms with Gasteiger partial charge in [0.25, 0.3) is 0 Å². The molecule has 24 rings (SSSR count). The van der Waals surface area contributed by atoms with Gasteiger partial charge in [-0.2, -0.15) is 0 Å². The van der Waals surface area contributed by atoms with Gasteiger partial charge in [0.15, 0.2) is 69.8 Å². The maximum atomic E-state index is 13.7. The topological polar surface area (TPSA) is 167 Å². The van der Waals surface area contributed by atoms with Crippen molar-refractivity contribution in [3.8, 4) is 169 Å². The molecule has 0 saturated heterocycles. The van der Waals surface area contributed by atoms with E-state index in [0.717, 1.165) is 184 Å². The van der Waals surface area contributed by atoms with Crippen LogP contribution in [-0.4, -0.2) is 62.2 Å². The highest BCUT2D eigenvalue weighted by Gasteiger charge is 2.40. The predicted octanol–water partition coefficient (Wildman–Crippen LogP) is 30.2. The summed E-state index contributed by atoms with van der Waals surface area (Å²) in [6.45, 7) is 13.2. The number of nitrogens with zero attached hydrogens (tertiary/aromatic N) is 9. The van der Waals surface area contributed by atoms with Crippen LogP contribution >= 0.6 is 0 Å². The molecule has 3 heterocycles. The molecule has 3 aromatic heterocycles. The molecule has 672 valence electrons. The van der Waals surface area contributed by atoms with Crippen molar-refractivity contribution in [3.05, 3.63) is 522 Å². The number of hydrogen-bond donors (Lipinski definition) is 0. The molecule has 3 aliphatic carbocycles. The fourth-order valence-corrected chi connectivity index (χ4v) is 20.0. The summed E-state index contributed by atoms with van der Waals surface area (Å²) < 4.78 is 0. The van der Waals surface area contributed by atoms with Crippen molar-refractivity contribution < 1.29 is 14.4 Å². The Morgan fingerprint density at radius 2 is 0.305 bits per heavy atom. The minimum Gasteiger partial charge on any atom is -0.289 e. The standard InChI is InChI=1S/3C43H31N3O/c1-43(2)37-22-10-9-21-35(37)39(47)36-27-33(23-24-38(36)43)31-18-11-17-30(25-31)32-19-12-20-34(26-32)42-45-40(28-13-5-3-6-14-28)44-41(46-42)29-15-7-4-8-16-29;1-43(2)37-23-12-11-22-35(37)39(47)36-27-31(24-25-38(36)43)30-18-13-19-32(26-30)33-20-9-10-21-34(33)42-45-40(28-14-5-3-6-15-28)44-41(46-42)29-16-7-4-8-17-29;1-43(2)37-20-12-11-19-35(37)39(47)36-27-32(25-26-38(36)43)34-18-10-9-17-33(34)28-21-23-31(24-22-28)42-45-40(29-13-5-3-6-14-29)44-41(46-42)30-15-7-4-8-16-30/h3*3-27H,1-2H3. The fraction of sp³-hybridized carbons (Fsp3) is 0.0698. The van der Waals surface area contributed by atoms with Gasteiger partial charge in [-0.05, 0) is 137 Å². The maximum Gasteiger partial charge on any atom is 0.193 e. The van der Waals surface area contributed by atoms with Gasteiger partial charge in [0, 0.05) is 99.7 Å². The molecule has 141 heavy (non-hydrogen) atoms. The third-order valence-electron chi connectivity index (χ3n) is 27.5. The Labute approximate surface area is 819 Å². The Bertz CT molecular complexity index is 8250. The third-order valence-corrected chi connectivity index (χ3v) is 27.5. The summed E-state index contributed by atoms with van der Waals surface area (Å²) in [4.78, 5) is 85.2. The number of rotatable bonds is 15. The van der Waals surface area contributed by atoms with Gasteiger partial charge in [-0.3, -0.25) is 14.4 Å². The van der Waals surface area contributed by atoms with Crippen molar-refractivity contribution in [2.75, 3.05) is 0 Å². The van der Waals surface area contributed by atoms with Crippen LogP contribution in [0, 0.1) is 0 Å². The molecule has 0 bridgehead atoms. The summed E-state index contributed by atoms with van der Waals surface area (Å²) in [5.41, 5.74) is 31.2. The number of benzene rings is 18. The Kier molecular flexibility index (Phi) is 23.3. The summed E-state index contributed by atoms with van der Waals surface area (Å²) in [6, 6.07) is 153. The first-order valence-corrected chi connectivity index (χ1v) is 47.5. The second kappa shape index (κ2) is 37.2. The monoisotopic (exact) mass is 1820 g/mol. The first kappa shape index (κ1) is 88.3. The van der Waals surface area contributed by atoms with Crippen molar-refractivity contribution in [2.45, 2.75) is 57.8 Å². The summed E-state index contributed by atoms with van der Waals surface area (Å²) in [7, 11) is 0. The van der Waals surface area contributed by atoms with Crippen molar-refractivity contribution in [1.82, 2.24) is 44.9 Å². The van der Waals surface area contributed by atoms with E-state index in [0.29, 0.717) is 52.4 Å². The van der Waals surface area contributed by atoms with Gasteiger partial charge in [-0.1, -0.05) is 460 Å². The molecule has 0 aliphatic heterocycles. The summed E-state index contributed by atoms with van der Waals surface area (Å²) in [5.74, 6) is 5.89. The van der Waals surface area contributed by atoms with E-state index in [1.165, 1.54) is 0 Å². The first-order valence-electron chi connectivity index (χ1n) is 47.5. The van der Waals surface area contributed by atoms with Gasteiger partial charge >= 0.3 is 0 Å². The molecule has 0 amide bonds. The molecule has 0 unspecified atom stereocenters. The number of ketones is 3. The normalized spacial score (nSPS) is 13.1. The largest absolute Gasteiger partial charge is 0.289 e. The van der Waals surface area contributed by atoms with Crippen LogP contribution in [0.1, 0.15) is 123 Å². The fourth-order valence-electron chi connectivity index (χ4n) is 20.0. The third kappa shape index (κ3) is 17.2. The Morgan fingerprint density at radius 1 is 0.128 bits per heavy atom. The van der Waals surface area contributed by atoms with E-state index in [-0.39, 0.29) is 33.6 Å². The van der Waals surface area contributed by atoms with E-state index >= 15 is 0 Å². The van der Waals surface area contributed by atoms with Gasteiger partial charge in [0.1, 0.15) is 0 Å². The molecule has 12 nitrogen and oxygen atoms in total. The molecular formula is C129H93N9O3. The lowest BCUT2D eigenvalue weighted by Gasteiger charge is -2.34. The molecule has 0 saturated carbocycles. The second-order valence-electron chi connectivity index (χ2n) is 37.3. The van der Waals surface area contributed by atoms with Crippen LogP contribution in [0.2, 0.25) is 0 Å². The number of hydrogen-bond acceptors (Lipinski definition) is 12. The van der Waals surface area contributed by atoms with Crippen LogP contribution in [0.4, 0.5) is 0 Å². The van der Waals surface area contributed by atoms with E-state index in [9.17, 15) is 14.4 Å². The number of aromatic nitrogens is 9. The van der Waals surface area contributed by atoms with Gasteiger partial charge in [-0.25, -0.2) is 44.9 Å². The number of carbonyl (C=O) groups is 3. The van der Waals surface area contributed by atoms with Gasteiger partial charge in [-0.15, -0.1) is 0 Å². The van der Waals surface area contributed by atoms with Crippen LogP contribution in [0.25, 0.3) is 169 Å². The molecule has 0 fully saturated rings. The zero-order valence-electron chi connectivity index (χ0n) is 78.6. The molecular weight excluding hydrogens is 1720 g/mol. The smallest absolute Gasteiger partial charge is 0.193 e. The molecule has 0 radical (unpaired) electrons. The van der Waals surface area contributed by atoms with Crippen molar-refractivity contribution >= 4 is 17.3 Å². The SMILES string of the molecule is CC1(C)c2ccccc2C(=O)c2cc(-c3cccc(-c4cccc(-c5nc(-c6ccccc6)nc(-c6ccccc6)n5)c4)c3)ccc21.CC1(C)c2ccccc2C(=O)c2cc(-c3cccc(-c4ccccc4-c4nc(-c5ccccc5)nc(-c5ccccc5)n4)c3)ccc21.CC1(C)c2ccccc2C(=O)c2cc(-c3ccccc3-c3ccc(-c4nc(-c5ccccc5)nc(-c5ccccc5)n4)cc3)ccc21. The zero-order chi connectivity index (χ0) is 95.9. The molecule has 0 spiro atoms. The highest BCUT2D eigenvalue weighted by molar-refractivity contribution is 6.16. The Hall–Kier alpha value is -18.0. The average molecular weight is 1820 g/mol. The van der Waals surface area contributed by atoms with Crippen LogP contribution in [0.3, 0.4) is 0 Å². The van der Waals surface area contributed by atoms with E-state index in [2.05, 4.69) is 236 Å². The lowest BCUT2D eigenvalue weighted by molar-refractivity contribution is 0.102. The van der Waals surface area contributed by atoms with Crippen LogP contribution < -0.4 is 0 Å².